The van der Waals surface area contributed by atoms with Crippen LogP contribution in [0, 0.1) is 25.2 Å². The number of aryl methyl sites for hydroxylation is 1. The number of esters is 1. The normalized spacial score (nSPS) is 10.2. The fraction of sp³-hybridized carbons (Fsp3) is 0.350. The predicted molar refractivity (Wildman–Crippen MR) is 109 cm³/mol. The molecule has 1 aromatic heterocycles. The van der Waals surface area contributed by atoms with E-state index in [0.29, 0.717) is 33.5 Å². The Morgan fingerprint density at radius 3 is 2.71 bits per heavy atom. The zero-order valence-corrected chi connectivity index (χ0v) is 17.5. The van der Waals surface area contributed by atoms with Gasteiger partial charge in [0.15, 0.2) is 0 Å². The monoisotopic (exact) mass is 420 g/mol. The third-order valence-corrected chi connectivity index (χ3v) is 5.34. The van der Waals surface area contributed by atoms with Crippen molar-refractivity contribution in [2.45, 2.75) is 33.6 Å². The first-order valence-electron chi connectivity index (χ1n) is 8.76. The maximum absolute atomic E-state index is 12.2. The van der Waals surface area contributed by atoms with Gasteiger partial charge < -0.3 is 14.8 Å². The van der Waals surface area contributed by atoms with Gasteiger partial charge in [0.25, 0.3) is 0 Å². The first-order valence-corrected chi connectivity index (χ1v) is 9.96. The summed E-state index contributed by atoms with van der Waals surface area (Å²) < 4.78 is 10.7. The third-order valence-electron chi connectivity index (χ3n) is 3.92. The highest BCUT2D eigenvalue weighted by Crippen LogP contribution is 2.33. The van der Waals surface area contributed by atoms with Gasteiger partial charge in [-0.15, -0.1) is 11.3 Å². The average molecular weight is 421 g/mol. The molecule has 0 saturated carbocycles. The number of benzene rings is 1. The Morgan fingerprint density at radius 2 is 2.07 bits per heavy atom. The van der Waals surface area contributed by atoms with Crippen LogP contribution in [0.15, 0.2) is 18.2 Å². The fourth-order valence-corrected chi connectivity index (χ4v) is 3.80. The lowest BCUT2D eigenvalue weighted by Crippen LogP contribution is -2.12. The number of carbonyl (C=O) groups excluding carboxylic acids is 2. The number of amides is 1. The molecule has 0 bridgehead atoms. The molecule has 2 aromatic rings. The van der Waals surface area contributed by atoms with Gasteiger partial charge in [0.05, 0.1) is 18.8 Å². The molecule has 6 nitrogen and oxygen atoms in total. The lowest BCUT2D eigenvalue weighted by molar-refractivity contribution is -0.116. The Hall–Kier alpha value is -2.56. The molecular formula is C20H21ClN2O4S. The van der Waals surface area contributed by atoms with Gasteiger partial charge in [-0.1, -0.05) is 11.6 Å². The number of hydrogen-bond acceptors (Lipinski definition) is 6. The van der Waals surface area contributed by atoms with Gasteiger partial charge in [0.2, 0.25) is 5.91 Å². The molecular weight excluding hydrogens is 400 g/mol. The van der Waals surface area contributed by atoms with Crippen molar-refractivity contribution < 1.29 is 19.1 Å². The van der Waals surface area contributed by atoms with Crippen molar-refractivity contribution in [1.29, 1.82) is 5.26 Å². The summed E-state index contributed by atoms with van der Waals surface area (Å²) in [6.07, 6.45) is 0.730. The van der Waals surface area contributed by atoms with Crippen molar-refractivity contribution in [3.05, 3.63) is 44.8 Å². The number of nitrogens with zero attached hydrogens (tertiary/aromatic N) is 1. The van der Waals surface area contributed by atoms with Crippen LogP contribution in [0.3, 0.4) is 0 Å². The van der Waals surface area contributed by atoms with Gasteiger partial charge >= 0.3 is 5.97 Å². The SMILES string of the molecule is CCOC(=O)c1sc(NC(=O)CCCOc2ccc(Cl)cc2C)c(C#N)c1C. The summed E-state index contributed by atoms with van der Waals surface area (Å²) >= 11 is 6.97. The van der Waals surface area contributed by atoms with Gasteiger partial charge in [-0.25, -0.2) is 4.79 Å². The van der Waals surface area contributed by atoms with Crippen LogP contribution < -0.4 is 10.1 Å². The minimum Gasteiger partial charge on any atom is -0.493 e. The zero-order chi connectivity index (χ0) is 20.7. The highest BCUT2D eigenvalue weighted by atomic mass is 35.5. The number of carbonyl (C=O) groups is 2. The van der Waals surface area contributed by atoms with Crippen LogP contribution in [0.2, 0.25) is 5.02 Å². The molecule has 1 N–H and O–H groups in total. The van der Waals surface area contributed by atoms with Crippen LogP contribution in [-0.2, 0) is 9.53 Å². The van der Waals surface area contributed by atoms with Crippen molar-refractivity contribution >= 4 is 39.8 Å². The van der Waals surface area contributed by atoms with E-state index in [1.807, 2.05) is 19.1 Å². The van der Waals surface area contributed by atoms with E-state index < -0.39 is 5.97 Å². The predicted octanol–water partition coefficient (Wildman–Crippen LogP) is 4.86. The number of thiophene rings is 1. The quantitative estimate of drug-likeness (QED) is 0.486. The highest BCUT2D eigenvalue weighted by Gasteiger charge is 2.22. The second kappa shape index (κ2) is 10.1. The minimum absolute atomic E-state index is 0.225. The summed E-state index contributed by atoms with van der Waals surface area (Å²) in [6, 6.07) is 7.40. The van der Waals surface area contributed by atoms with Crippen LogP contribution in [-0.4, -0.2) is 25.1 Å². The number of nitriles is 1. The van der Waals surface area contributed by atoms with E-state index in [1.165, 1.54) is 0 Å². The lowest BCUT2D eigenvalue weighted by Gasteiger charge is -2.09. The molecule has 0 aliphatic heterocycles. The molecule has 0 aliphatic carbocycles. The van der Waals surface area contributed by atoms with Gasteiger partial charge in [-0.05, 0) is 56.5 Å². The molecule has 1 amide bonds. The third kappa shape index (κ3) is 5.47. The highest BCUT2D eigenvalue weighted by molar-refractivity contribution is 7.18. The van der Waals surface area contributed by atoms with Crippen molar-refractivity contribution in [2.75, 3.05) is 18.5 Å². The van der Waals surface area contributed by atoms with Crippen molar-refractivity contribution in [2.24, 2.45) is 0 Å². The van der Waals surface area contributed by atoms with E-state index in [-0.39, 0.29) is 24.5 Å². The topological polar surface area (TPSA) is 88.4 Å². The number of hydrogen-bond donors (Lipinski definition) is 1. The smallest absolute Gasteiger partial charge is 0.348 e. The molecule has 28 heavy (non-hydrogen) atoms. The molecule has 1 aromatic carbocycles. The first kappa shape index (κ1) is 21.7. The van der Waals surface area contributed by atoms with Gasteiger partial charge in [-0.3, -0.25) is 4.79 Å². The van der Waals surface area contributed by atoms with E-state index in [4.69, 9.17) is 21.1 Å². The standard InChI is InChI=1S/C20H21ClN2O4S/c1-4-26-20(25)18-13(3)15(11-22)19(28-18)23-17(24)6-5-9-27-16-8-7-14(21)10-12(16)2/h7-8,10H,4-6,9H2,1-3H3,(H,23,24). The summed E-state index contributed by atoms with van der Waals surface area (Å²) in [7, 11) is 0. The Morgan fingerprint density at radius 1 is 1.32 bits per heavy atom. The Labute approximate surface area is 173 Å². The van der Waals surface area contributed by atoms with E-state index in [2.05, 4.69) is 5.32 Å². The molecule has 148 valence electrons. The summed E-state index contributed by atoms with van der Waals surface area (Å²) in [5, 5.41) is 13.1. The number of nitrogens with one attached hydrogen (secondary N) is 1. The molecule has 0 aliphatic rings. The van der Waals surface area contributed by atoms with Crippen LogP contribution in [0.1, 0.15) is 46.1 Å². The van der Waals surface area contributed by atoms with Crippen LogP contribution in [0.25, 0.3) is 0 Å². The Kier molecular flexibility index (Phi) is 7.85. The lowest BCUT2D eigenvalue weighted by atomic mass is 10.1. The zero-order valence-electron chi connectivity index (χ0n) is 15.9. The number of halogens is 1. The van der Waals surface area contributed by atoms with Gasteiger partial charge in [0, 0.05) is 11.4 Å². The molecule has 0 fully saturated rings. The van der Waals surface area contributed by atoms with E-state index >= 15 is 0 Å². The maximum atomic E-state index is 12.2. The second-order valence-corrected chi connectivity index (χ2v) is 7.46. The average Bonchev–Trinajstić information content (AvgIpc) is 2.95. The van der Waals surface area contributed by atoms with Crippen molar-refractivity contribution in [1.82, 2.24) is 0 Å². The van der Waals surface area contributed by atoms with Crippen LogP contribution in [0.4, 0.5) is 5.00 Å². The first-order chi connectivity index (χ1) is 13.4. The Balaban J connectivity index is 1.91. The van der Waals surface area contributed by atoms with Crippen molar-refractivity contribution in [3.63, 3.8) is 0 Å². The summed E-state index contributed by atoms with van der Waals surface area (Å²) in [5.41, 5.74) is 1.73. The van der Waals surface area contributed by atoms with Crippen LogP contribution >= 0.6 is 22.9 Å². The second-order valence-electron chi connectivity index (χ2n) is 6.00. The number of rotatable bonds is 8. The van der Waals surface area contributed by atoms with E-state index in [1.54, 1.807) is 26.0 Å². The van der Waals surface area contributed by atoms with Crippen molar-refractivity contribution in [3.8, 4) is 11.8 Å². The molecule has 0 saturated heterocycles. The molecule has 0 spiro atoms. The van der Waals surface area contributed by atoms with E-state index in [9.17, 15) is 14.9 Å². The van der Waals surface area contributed by atoms with Gasteiger partial charge in [0.1, 0.15) is 21.7 Å². The largest absolute Gasteiger partial charge is 0.493 e. The van der Waals surface area contributed by atoms with Crippen LogP contribution in [0.5, 0.6) is 5.75 Å². The Bertz CT molecular complexity index is 918. The molecule has 8 heteroatoms. The van der Waals surface area contributed by atoms with Gasteiger partial charge in [-0.2, -0.15) is 5.26 Å². The summed E-state index contributed by atoms with van der Waals surface area (Å²) in [6.45, 7) is 5.89. The summed E-state index contributed by atoms with van der Waals surface area (Å²) in [5.74, 6) is -0.0112. The fourth-order valence-electron chi connectivity index (χ4n) is 2.51. The van der Waals surface area contributed by atoms with E-state index in [0.717, 1.165) is 22.6 Å². The molecule has 0 radical (unpaired) electrons. The molecule has 0 atom stereocenters. The number of anilines is 1. The molecule has 1 heterocycles. The molecule has 2 rings (SSSR count). The number of ether oxygens (including phenoxy) is 2. The summed E-state index contributed by atoms with van der Waals surface area (Å²) in [4.78, 5) is 24.5. The molecule has 0 unspecified atom stereocenters. The minimum atomic E-state index is -0.492. The maximum Gasteiger partial charge on any atom is 0.348 e.